The first kappa shape index (κ1) is 17.9. The zero-order valence-corrected chi connectivity index (χ0v) is 13.2. The van der Waals surface area contributed by atoms with Crippen LogP contribution in [0.5, 0.6) is 0 Å². The Labute approximate surface area is 144 Å². The average Bonchev–Trinajstić information content (AvgIpc) is 2.54. The highest BCUT2D eigenvalue weighted by molar-refractivity contribution is 6.35. The summed E-state index contributed by atoms with van der Waals surface area (Å²) in [5, 5.41) is 11.6. The summed E-state index contributed by atoms with van der Waals surface area (Å²) in [5.74, 6) is -5.69. The van der Waals surface area contributed by atoms with E-state index in [4.69, 9.17) is 28.5 Å². The molecular weight excluding hydrogens is 364 g/mol. The van der Waals surface area contributed by atoms with Gasteiger partial charge in [0.25, 0.3) is 5.91 Å². The molecule has 2 aromatic rings. The first-order valence-electron chi connectivity index (χ1n) is 6.35. The molecule has 24 heavy (non-hydrogen) atoms. The second kappa shape index (κ2) is 7.39. The predicted molar refractivity (Wildman–Crippen MR) is 85.0 cm³/mol. The summed E-state index contributed by atoms with van der Waals surface area (Å²) in [5.41, 5.74) is -0.677. The Kier molecular flexibility index (Phi) is 5.50. The van der Waals surface area contributed by atoms with E-state index in [-0.39, 0.29) is 5.02 Å². The summed E-state index contributed by atoms with van der Waals surface area (Å²) < 4.78 is 39.6. The van der Waals surface area contributed by atoms with Crippen LogP contribution in [0.3, 0.4) is 0 Å². The summed E-state index contributed by atoms with van der Waals surface area (Å²) in [6, 6.07) is 7.52. The molecule has 1 N–H and O–H groups in total. The average molecular weight is 371 g/mol. The molecule has 0 spiro atoms. The van der Waals surface area contributed by atoms with Crippen LogP contribution in [-0.2, 0) is 4.79 Å². The number of halogens is 5. The third kappa shape index (κ3) is 3.88. The monoisotopic (exact) mass is 370 g/mol. The van der Waals surface area contributed by atoms with Crippen molar-refractivity contribution in [3.63, 3.8) is 0 Å². The van der Waals surface area contributed by atoms with Crippen molar-refractivity contribution in [3.05, 3.63) is 69.0 Å². The Morgan fingerprint density at radius 1 is 1.12 bits per heavy atom. The number of carbonyl (C=O) groups is 1. The fourth-order valence-corrected chi connectivity index (χ4v) is 2.20. The second-order valence-corrected chi connectivity index (χ2v) is 5.36. The summed E-state index contributed by atoms with van der Waals surface area (Å²) in [4.78, 5) is 12.0. The number of hydrogen-bond acceptors (Lipinski definition) is 2. The van der Waals surface area contributed by atoms with Gasteiger partial charge in [0.15, 0.2) is 17.5 Å². The van der Waals surface area contributed by atoms with Gasteiger partial charge in [0, 0.05) is 10.0 Å². The lowest BCUT2D eigenvalue weighted by Gasteiger charge is -2.07. The van der Waals surface area contributed by atoms with E-state index in [2.05, 4.69) is 0 Å². The van der Waals surface area contributed by atoms with Crippen LogP contribution in [0.4, 0.5) is 18.9 Å². The van der Waals surface area contributed by atoms with Crippen molar-refractivity contribution >= 4 is 40.9 Å². The van der Waals surface area contributed by atoms with Crippen molar-refractivity contribution in [2.45, 2.75) is 0 Å². The van der Waals surface area contributed by atoms with Gasteiger partial charge in [-0.3, -0.25) is 4.79 Å². The van der Waals surface area contributed by atoms with Crippen LogP contribution in [0.15, 0.2) is 35.9 Å². The fraction of sp³-hybridized carbons (Fsp3) is 0. The summed E-state index contributed by atoms with van der Waals surface area (Å²) in [6.07, 6.45) is 1.16. The van der Waals surface area contributed by atoms with Crippen molar-refractivity contribution < 1.29 is 18.0 Å². The highest BCUT2D eigenvalue weighted by Crippen LogP contribution is 2.24. The molecule has 3 nitrogen and oxygen atoms in total. The first-order valence-corrected chi connectivity index (χ1v) is 7.10. The number of carbonyl (C=O) groups excluding carboxylic acids is 1. The predicted octanol–water partition coefficient (Wildman–Crippen LogP) is 4.96. The Morgan fingerprint density at radius 2 is 1.83 bits per heavy atom. The van der Waals surface area contributed by atoms with Crippen molar-refractivity contribution in [2.75, 3.05) is 5.32 Å². The van der Waals surface area contributed by atoms with Crippen LogP contribution in [0.2, 0.25) is 10.0 Å². The highest BCUT2D eigenvalue weighted by Gasteiger charge is 2.17. The molecule has 0 atom stereocenters. The lowest BCUT2D eigenvalue weighted by atomic mass is 10.1. The second-order valence-electron chi connectivity index (χ2n) is 4.51. The number of amides is 1. The molecule has 0 fully saturated rings. The van der Waals surface area contributed by atoms with Gasteiger partial charge in [0.1, 0.15) is 11.6 Å². The van der Waals surface area contributed by atoms with E-state index in [0.717, 1.165) is 12.1 Å². The molecule has 0 radical (unpaired) electrons. The molecular formula is C16H7Cl2F3N2O. The third-order valence-corrected chi connectivity index (χ3v) is 3.47. The summed E-state index contributed by atoms with van der Waals surface area (Å²) >= 11 is 11.7. The molecule has 2 aromatic carbocycles. The van der Waals surface area contributed by atoms with E-state index >= 15 is 0 Å². The van der Waals surface area contributed by atoms with Gasteiger partial charge in [-0.15, -0.1) is 0 Å². The van der Waals surface area contributed by atoms with Gasteiger partial charge in [-0.05, 0) is 35.9 Å². The van der Waals surface area contributed by atoms with E-state index < -0.39 is 34.6 Å². The smallest absolute Gasteiger partial charge is 0.266 e. The van der Waals surface area contributed by atoms with Crippen molar-refractivity contribution in [2.24, 2.45) is 0 Å². The molecule has 0 saturated carbocycles. The van der Waals surface area contributed by atoms with Gasteiger partial charge in [-0.2, -0.15) is 5.26 Å². The molecule has 2 rings (SSSR count). The number of rotatable bonds is 3. The number of benzene rings is 2. The Balaban J connectivity index is 2.32. The van der Waals surface area contributed by atoms with Crippen molar-refractivity contribution in [3.8, 4) is 6.07 Å². The Hall–Kier alpha value is -2.49. The molecule has 0 aliphatic heterocycles. The Morgan fingerprint density at radius 3 is 2.46 bits per heavy atom. The molecule has 0 unspecified atom stereocenters. The summed E-state index contributed by atoms with van der Waals surface area (Å²) in [6.45, 7) is 0. The van der Waals surface area contributed by atoms with Gasteiger partial charge in [-0.1, -0.05) is 29.3 Å². The van der Waals surface area contributed by atoms with E-state index in [1.165, 1.54) is 18.2 Å². The maximum Gasteiger partial charge on any atom is 0.266 e. The van der Waals surface area contributed by atoms with Gasteiger partial charge in [-0.25, -0.2) is 13.2 Å². The van der Waals surface area contributed by atoms with Crippen molar-refractivity contribution in [1.82, 2.24) is 0 Å². The molecule has 1 amide bonds. The standard InChI is InChI=1S/C16H7Cl2F3N2O/c17-10-2-1-8(11(18)6-10)5-9(7-22)16(24)23-13-4-3-12(19)14(20)15(13)21/h1-6H,(H,23,24). The van der Waals surface area contributed by atoms with Crippen LogP contribution < -0.4 is 5.32 Å². The van der Waals surface area contributed by atoms with Crippen LogP contribution in [0, 0.1) is 28.8 Å². The minimum atomic E-state index is -1.73. The molecule has 0 saturated heterocycles. The van der Waals surface area contributed by atoms with Gasteiger partial charge >= 0.3 is 0 Å². The molecule has 0 aliphatic rings. The van der Waals surface area contributed by atoms with Crippen LogP contribution in [0.1, 0.15) is 5.56 Å². The number of anilines is 1. The third-order valence-electron chi connectivity index (χ3n) is 2.91. The summed E-state index contributed by atoms with van der Waals surface area (Å²) in [7, 11) is 0. The molecule has 122 valence electrons. The number of nitriles is 1. The van der Waals surface area contributed by atoms with Crippen LogP contribution >= 0.6 is 23.2 Å². The van der Waals surface area contributed by atoms with E-state index in [9.17, 15) is 18.0 Å². The lowest BCUT2D eigenvalue weighted by molar-refractivity contribution is -0.112. The molecule has 0 aliphatic carbocycles. The number of nitrogens with one attached hydrogen (secondary N) is 1. The zero-order chi connectivity index (χ0) is 17.9. The number of nitrogens with zero attached hydrogens (tertiary/aromatic N) is 1. The molecule has 0 aromatic heterocycles. The van der Waals surface area contributed by atoms with E-state index in [1.54, 1.807) is 6.07 Å². The van der Waals surface area contributed by atoms with Gasteiger partial charge in [0.2, 0.25) is 0 Å². The van der Waals surface area contributed by atoms with Gasteiger partial charge in [0.05, 0.1) is 5.69 Å². The zero-order valence-electron chi connectivity index (χ0n) is 11.7. The minimum absolute atomic E-state index is 0.196. The lowest BCUT2D eigenvalue weighted by Crippen LogP contribution is -2.15. The van der Waals surface area contributed by atoms with Crippen molar-refractivity contribution in [1.29, 1.82) is 5.26 Å². The topological polar surface area (TPSA) is 52.9 Å². The highest BCUT2D eigenvalue weighted by atomic mass is 35.5. The molecule has 0 bridgehead atoms. The van der Waals surface area contributed by atoms with E-state index in [0.29, 0.717) is 16.7 Å². The van der Waals surface area contributed by atoms with Crippen LogP contribution in [-0.4, -0.2) is 5.91 Å². The largest absolute Gasteiger partial charge is 0.319 e. The first-order chi connectivity index (χ1) is 11.3. The Bertz CT molecular complexity index is 892. The quantitative estimate of drug-likeness (QED) is 0.471. The maximum atomic E-state index is 13.6. The molecule has 8 heteroatoms. The SMILES string of the molecule is N#CC(=Cc1ccc(Cl)cc1Cl)C(=O)Nc1ccc(F)c(F)c1F. The normalized spacial score (nSPS) is 11.1. The minimum Gasteiger partial charge on any atom is -0.319 e. The van der Waals surface area contributed by atoms with Crippen LogP contribution in [0.25, 0.3) is 6.08 Å². The van der Waals surface area contributed by atoms with E-state index in [1.807, 2.05) is 5.32 Å². The maximum absolute atomic E-state index is 13.6. The fourth-order valence-electron chi connectivity index (χ4n) is 1.73. The van der Waals surface area contributed by atoms with Gasteiger partial charge < -0.3 is 5.32 Å². The molecule has 0 heterocycles. The number of hydrogen-bond donors (Lipinski definition) is 1.